The summed E-state index contributed by atoms with van der Waals surface area (Å²) in [5.74, 6) is 0.386. The fourth-order valence-corrected chi connectivity index (χ4v) is 1.90. The first-order valence-corrected chi connectivity index (χ1v) is 5.93. The van der Waals surface area contributed by atoms with E-state index in [9.17, 15) is 4.79 Å². The van der Waals surface area contributed by atoms with Crippen LogP contribution in [0.4, 0.5) is 4.79 Å². The molecule has 1 heterocycles. The number of carbonyl (C=O) groups excluding carboxylic acids is 1. The molecular weight excluding hydrogens is 190 g/mol. The topological polar surface area (TPSA) is 49.6 Å². The average molecular weight is 213 g/mol. The molecule has 1 fully saturated rings. The van der Waals surface area contributed by atoms with E-state index in [-0.39, 0.29) is 6.03 Å². The minimum Gasteiger partial charge on any atom is -0.330 e. The number of urea groups is 1. The first-order chi connectivity index (χ1) is 7.19. The van der Waals surface area contributed by atoms with Gasteiger partial charge in [0.05, 0.1) is 0 Å². The Bertz CT molecular complexity index is 202. The van der Waals surface area contributed by atoms with Crippen LogP contribution in [0.5, 0.6) is 0 Å². The molecule has 0 saturated carbocycles. The van der Waals surface area contributed by atoms with Gasteiger partial charge >= 0.3 is 6.03 Å². The third-order valence-corrected chi connectivity index (χ3v) is 2.96. The van der Waals surface area contributed by atoms with Crippen LogP contribution in [0.15, 0.2) is 0 Å². The summed E-state index contributed by atoms with van der Waals surface area (Å²) in [6.07, 6.45) is 2.30. The zero-order valence-corrected chi connectivity index (χ0v) is 9.91. The maximum atomic E-state index is 12.0. The van der Waals surface area contributed by atoms with Crippen molar-refractivity contribution in [3.63, 3.8) is 0 Å². The van der Waals surface area contributed by atoms with E-state index in [1.807, 2.05) is 16.7 Å². The lowest BCUT2D eigenvalue weighted by molar-refractivity contribution is 0.158. The van der Waals surface area contributed by atoms with Crippen molar-refractivity contribution in [3.8, 4) is 0 Å². The lowest BCUT2D eigenvalue weighted by atomic mass is 10.2. The Hall–Kier alpha value is -0.770. The summed E-state index contributed by atoms with van der Waals surface area (Å²) in [7, 11) is 0. The molecule has 15 heavy (non-hydrogen) atoms. The summed E-state index contributed by atoms with van der Waals surface area (Å²) in [6.45, 7) is 8.15. The Morgan fingerprint density at radius 3 is 2.53 bits per heavy atom. The fourth-order valence-electron chi connectivity index (χ4n) is 1.90. The molecule has 1 unspecified atom stereocenters. The number of hydrogen-bond donors (Lipinski definition) is 1. The number of amides is 2. The zero-order chi connectivity index (χ0) is 11.3. The first-order valence-electron chi connectivity index (χ1n) is 5.93. The lowest BCUT2D eigenvalue weighted by Crippen LogP contribution is -2.44. The van der Waals surface area contributed by atoms with Crippen molar-refractivity contribution in [3.05, 3.63) is 0 Å². The molecular formula is C11H23N3O. The van der Waals surface area contributed by atoms with Crippen molar-refractivity contribution in [2.24, 2.45) is 11.7 Å². The largest absolute Gasteiger partial charge is 0.330 e. The van der Waals surface area contributed by atoms with Crippen LogP contribution in [0.25, 0.3) is 0 Å². The third kappa shape index (κ3) is 3.38. The van der Waals surface area contributed by atoms with Crippen LogP contribution >= 0.6 is 0 Å². The second-order valence-corrected chi connectivity index (χ2v) is 4.36. The summed E-state index contributed by atoms with van der Waals surface area (Å²) >= 11 is 0. The van der Waals surface area contributed by atoms with E-state index < -0.39 is 0 Å². The average Bonchev–Trinajstić information content (AvgIpc) is 2.77. The molecule has 0 aromatic carbocycles. The number of hydrogen-bond acceptors (Lipinski definition) is 2. The maximum absolute atomic E-state index is 12.0. The molecule has 4 heteroatoms. The molecule has 2 amide bonds. The normalized spacial score (nSPS) is 17.9. The van der Waals surface area contributed by atoms with E-state index >= 15 is 0 Å². The Morgan fingerprint density at radius 1 is 1.47 bits per heavy atom. The van der Waals surface area contributed by atoms with Crippen LogP contribution in [0.1, 0.15) is 26.7 Å². The predicted octanol–water partition coefficient (Wildman–Crippen LogP) is 1.12. The van der Waals surface area contributed by atoms with Crippen LogP contribution in [0.3, 0.4) is 0 Å². The van der Waals surface area contributed by atoms with Crippen LogP contribution in [0, 0.1) is 5.92 Å². The van der Waals surface area contributed by atoms with E-state index in [4.69, 9.17) is 5.73 Å². The molecule has 0 radical (unpaired) electrons. The second-order valence-electron chi connectivity index (χ2n) is 4.36. The van der Waals surface area contributed by atoms with Gasteiger partial charge in [0.2, 0.25) is 0 Å². The van der Waals surface area contributed by atoms with Crippen molar-refractivity contribution < 1.29 is 4.79 Å². The van der Waals surface area contributed by atoms with E-state index in [1.54, 1.807) is 0 Å². The second kappa shape index (κ2) is 5.95. The number of nitrogens with zero attached hydrogens (tertiary/aromatic N) is 2. The molecule has 0 spiro atoms. The smallest absolute Gasteiger partial charge is 0.319 e. The number of carbonyl (C=O) groups is 1. The van der Waals surface area contributed by atoms with Crippen molar-refractivity contribution in [2.75, 3.05) is 32.7 Å². The molecule has 1 aliphatic heterocycles. The number of likely N-dealkylation sites (tertiary alicyclic amines) is 1. The van der Waals surface area contributed by atoms with Crippen LogP contribution in [0.2, 0.25) is 0 Å². The molecule has 1 aliphatic rings. The minimum atomic E-state index is 0.190. The van der Waals surface area contributed by atoms with E-state index in [1.165, 1.54) is 0 Å². The van der Waals surface area contributed by atoms with Gasteiger partial charge in [-0.05, 0) is 32.2 Å². The molecule has 88 valence electrons. The van der Waals surface area contributed by atoms with Crippen molar-refractivity contribution in [1.82, 2.24) is 9.80 Å². The van der Waals surface area contributed by atoms with Gasteiger partial charge in [0.1, 0.15) is 0 Å². The Labute approximate surface area is 92.4 Å². The highest BCUT2D eigenvalue weighted by Gasteiger charge is 2.23. The summed E-state index contributed by atoms with van der Waals surface area (Å²) in [6, 6.07) is 0.190. The summed E-state index contributed by atoms with van der Waals surface area (Å²) < 4.78 is 0. The highest BCUT2D eigenvalue weighted by atomic mass is 16.2. The third-order valence-electron chi connectivity index (χ3n) is 2.96. The summed E-state index contributed by atoms with van der Waals surface area (Å²) in [5, 5.41) is 0. The quantitative estimate of drug-likeness (QED) is 0.760. The molecule has 0 aromatic heterocycles. The Balaban J connectivity index is 2.45. The van der Waals surface area contributed by atoms with Gasteiger partial charge < -0.3 is 15.5 Å². The number of rotatable bonds is 4. The molecule has 2 N–H and O–H groups in total. The van der Waals surface area contributed by atoms with Crippen LogP contribution in [-0.4, -0.2) is 48.6 Å². The Morgan fingerprint density at radius 2 is 2.07 bits per heavy atom. The molecule has 0 bridgehead atoms. The van der Waals surface area contributed by atoms with E-state index in [0.29, 0.717) is 12.5 Å². The molecule has 1 saturated heterocycles. The highest BCUT2D eigenvalue weighted by Crippen LogP contribution is 2.11. The lowest BCUT2D eigenvalue weighted by Gasteiger charge is -2.28. The fraction of sp³-hybridized carbons (Fsp3) is 0.909. The van der Waals surface area contributed by atoms with Gasteiger partial charge in [-0.2, -0.15) is 0 Å². The van der Waals surface area contributed by atoms with Crippen molar-refractivity contribution in [1.29, 1.82) is 0 Å². The molecule has 0 aliphatic carbocycles. The van der Waals surface area contributed by atoms with Gasteiger partial charge in [0, 0.05) is 26.2 Å². The first kappa shape index (κ1) is 12.3. The Kier molecular flexibility index (Phi) is 4.88. The van der Waals surface area contributed by atoms with Gasteiger partial charge in [0.15, 0.2) is 0 Å². The van der Waals surface area contributed by atoms with Gasteiger partial charge in [0.25, 0.3) is 0 Å². The van der Waals surface area contributed by atoms with Gasteiger partial charge in [-0.15, -0.1) is 0 Å². The molecule has 1 rings (SSSR count). The van der Waals surface area contributed by atoms with Crippen molar-refractivity contribution >= 4 is 6.03 Å². The van der Waals surface area contributed by atoms with Gasteiger partial charge in [-0.1, -0.05) is 6.92 Å². The van der Waals surface area contributed by atoms with Crippen LogP contribution in [-0.2, 0) is 0 Å². The van der Waals surface area contributed by atoms with Crippen molar-refractivity contribution in [2.45, 2.75) is 26.7 Å². The standard InChI is InChI=1S/C11H23N3O/c1-3-13(9-10(2)8-12)11(15)14-6-4-5-7-14/h10H,3-9,12H2,1-2H3. The van der Waals surface area contributed by atoms with E-state index in [0.717, 1.165) is 39.0 Å². The zero-order valence-electron chi connectivity index (χ0n) is 9.91. The van der Waals surface area contributed by atoms with Crippen LogP contribution < -0.4 is 5.73 Å². The highest BCUT2D eigenvalue weighted by molar-refractivity contribution is 5.74. The predicted molar refractivity (Wildman–Crippen MR) is 61.7 cm³/mol. The molecule has 4 nitrogen and oxygen atoms in total. The molecule has 1 atom stereocenters. The minimum absolute atomic E-state index is 0.190. The van der Waals surface area contributed by atoms with E-state index in [2.05, 4.69) is 6.92 Å². The number of nitrogens with two attached hydrogens (primary N) is 1. The monoisotopic (exact) mass is 213 g/mol. The van der Waals surface area contributed by atoms with Gasteiger partial charge in [-0.25, -0.2) is 4.79 Å². The molecule has 0 aromatic rings. The summed E-state index contributed by atoms with van der Waals surface area (Å²) in [4.78, 5) is 15.9. The SMILES string of the molecule is CCN(CC(C)CN)C(=O)N1CCCC1. The maximum Gasteiger partial charge on any atom is 0.319 e. The van der Waals surface area contributed by atoms with Gasteiger partial charge in [-0.3, -0.25) is 0 Å². The summed E-state index contributed by atoms with van der Waals surface area (Å²) in [5.41, 5.74) is 5.58.